The lowest BCUT2D eigenvalue weighted by Gasteiger charge is -2.42. The summed E-state index contributed by atoms with van der Waals surface area (Å²) in [6.07, 6.45) is 9.17. The van der Waals surface area contributed by atoms with Crippen LogP contribution in [0.5, 0.6) is 0 Å². The van der Waals surface area contributed by atoms with Gasteiger partial charge in [0.2, 0.25) is 0 Å². The van der Waals surface area contributed by atoms with Crippen LogP contribution in [-0.2, 0) is 9.53 Å². The van der Waals surface area contributed by atoms with Gasteiger partial charge in [0.1, 0.15) is 12.6 Å². The van der Waals surface area contributed by atoms with Gasteiger partial charge in [-0.1, -0.05) is 78.4 Å². The van der Waals surface area contributed by atoms with Gasteiger partial charge >= 0.3 is 6.09 Å². The monoisotopic (exact) mass is 496 g/mol. The van der Waals surface area contributed by atoms with Crippen molar-refractivity contribution >= 4 is 23.8 Å². The van der Waals surface area contributed by atoms with Crippen molar-refractivity contribution in [2.45, 2.75) is 104 Å². The lowest BCUT2D eigenvalue weighted by Crippen LogP contribution is -2.57. The summed E-state index contributed by atoms with van der Waals surface area (Å²) in [6, 6.07) is 5.23. The first-order valence-electron chi connectivity index (χ1n) is 13.6. The van der Waals surface area contributed by atoms with Gasteiger partial charge in [0, 0.05) is 0 Å². The molecular formula is C29H40N2O5. The van der Waals surface area contributed by atoms with E-state index in [1.807, 2.05) is 20.8 Å². The molecule has 1 saturated heterocycles. The predicted octanol–water partition coefficient (Wildman–Crippen LogP) is 5.97. The molecule has 3 aliphatic rings. The lowest BCUT2D eigenvalue weighted by atomic mass is 9.67. The number of imide groups is 2. The van der Waals surface area contributed by atoms with Gasteiger partial charge in [-0.15, -0.1) is 0 Å². The number of carbonyl (C=O) groups is 4. The molecule has 2 heterocycles. The topological polar surface area (TPSA) is 84.0 Å². The van der Waals surface area contributed by atoms with Crippen LogP contribution >= 0.6 is 0 Å². The second-order valence-electron chi connectivity index (χ2n) is 11.9. The zero-order valence-corrected chi connectivity index (χ0v) is 22.2. The maximum absolute atomic E-state index is 14.3. The predicted molar refractivity (Wildman–Crippen MR) is 136 cm³/mol. The number of cyclic esters (lactones) is 1. The fourth-order valence-electron chi connectivity index (χ4n) is 6.26. The average Bonchev–Trinajstić information content (AvgIpc) is 3.36. The van der Waals surface area contributed by atoms with Crippen molar-refractivity contribution < 1.29 is 23.9 Å². The Morgan fingerprint density at radius 2 is 1.64 bits per heavy atom. The zero-order chi connectivity index (χ0) is 26.1. The van der Waals surface area contributed by atoms with Crippen LogP contribution in [0.15, 0.2) is 24.3 Å². The highest BCUT2D eigenvalue weighted by Crippen LogP contribution is 2.46. The molecule has 1 aromatic carbocycles. The van der Waals surface area contributed by atoms with E-state index in [4.69, 9.17) is 4.74 Å². The molecule has 4 amide bonds. The van der Waals surface area contributed by atoms with E-state index in [-0.39, 0.29) is 12.0 Å². The van der Waals surface area contributed by atoms with Crippen molar-refractivity contribution in [3.63, 3.8) is 0 Å². The molecule has 2 aliphatic heterocycles. The number of benzene rings is 1. The smallest absolute Gasteiger partial charge is 0.417 e. The molecular weight excluding hydrogens is 456 g/mol. The number of unbranched alkanes of at least 4 members (excludes halogenated alkanes) is 2. The minimum absolute atomic E-state index is 0.116. The first-order chi connectivity index (χ1) is 17.1. The van der Waals surface area contributed by atoms with Gasteiger partial charge in [0.15, 0.2) is 0 Å². The van der Waals surface area contributed by atoms with Gasteiger partial charge in [-0.3, -0.25) is 19.3 Å². The van der Waals surface area contributed by atoms with E-state index >= 15 is 0 Å². The van der Waals surface area contributed by atoms with Crippen LogP contribution in [0, 0.1) is 10.8 Å². The van der Waals surface area contributed by atoms with Gasteiger partial charge in [-0.25, -0.2) is 9.69 Å². The van der Waals surface area contributed by atoms with Crippen molar-refractivity contribution in [3.8, 4) is 0 Å². The first-order valence-corrected chi connectivity index (χ1v) is 13.6. The molecule has 2 atom stereocenters. The summed E-state index contributed by atoms with van der Waals surface area (Å²) in [4.78, 5) is 56.6. The van der Waals surface area contributed by atoms with Crippen LogP contribution in [0.1, 0.15) is 113 Å². The van der Waals surface area contributed by atoms with E-state index in [9.17, 15) is 19.2 Å². The summed E-state index contributed by atoms with van der Waals surface area (Å²) in [5.74, 6) is -1.39. The maximum Gasteiger partial charge on any atom is 0.417 e. The van der Waals surface area contributed by atoms with Crippen molar-refractivity contribution in [2.75, 3.05) is 6.61 Å². The fraction of sp³-hybridized carbons (Fsp3) is 0.655. The summed E-state index contributed by atoms with van der Waals surface area (Å²) in [6.45, 7) is 8.17. The largest absolute Gasteiger partial charge is 0.447 e. The molecule has 1 saturated carbocycles. The number of amides is 4. The van der Waals surface area contributed by atoms with Gasteiger partial charge in [0.25, 0.3) is 17.7 Å². The van der Waals surface area contributed by atoms with Crippen molar-refractivity contribution in [2.24, 2.45) is 10.8 Å². The van der Waals surface area contributed by atoms with Gasteiger partial charge < -0.3 is 4.74 Å². The summed E-state index contributed by atoms with van der Waals surface area (Å²) >= 11 is 0. The van der Waals surface area contributed by atoms with E-state index in [2.05, 4.69) is 6.92 Å². The Morgan fingerprint density at radius 1 is 1.03 bits per heavy atom. The van der Waals surface area contributed by atoms with Gasteiger partial charge in [0.05, 0.1) is 17.2 Å². The van der Waals surface area contributed by atoms with Crippen LogP contribution in [0.2, 0.25) is 0 Å². The van der Waals surface area contributed by atoms with Crippen molar-refractivity contribution in [3.05, 3.63) is 35.4 Å². The van der Waals surface area contributed by atoms with Crippen molar-refractivity contribution in [1.82, 2.24) is 9.80 Å². The Kier molecular flexibility index (Phi) is 7.58. The second kappa shape index (κ2) is 10.3. The summed E-state index contributed by atoms with van der Waals surface area (Å²) in [7, 11) is 0. The Labute approximate surface area is 214 Å². The van der Waals surface area contributed by atoms with E-state index < -0.39 is 41.3 Å². The number of fused-ring (bicyclic) bond motifs is 1. The molecule has 0 spiro atoms. The number of carbonyl (C=O) groups excluding carboxylic acids is 4. The van der Waals surface area contributed by atoms with E-state index in [1.165, 1.54) is 4.90 Å². The molecule has 0 aromatic heterocycles. The molecule has 1 aromatic rings. The van der Waals surface area contributed by atoms with Gasteiger partial charge in [-0.05, 0) is 48.6 Å². The van der Waals surface area contributed by atoms with E-state index in [1.54, 1.807) is 24.3 Å². The van der Waals surface area contributed by atoms with Crippen LogP contribution in [0.3, 0.4) is 0 Å². The molecule has 0 unspecified atom stereocenters. The Morgan fingerprint density at radius 3 is 2.19 bits per heavy atom. The van der Waals surface area contributed by atoms with Crippen molar-refractivity contribution in [1.29, 1.82) is 0 Å². The van der Waals surface area contributed by atoms with Crippen LogP contribution < -0.4 is 0 Å². The molecule has 7 heteroatoms. The van der Waals surface area contributed by atoms with Crippen LogP contribution in [0.25, 0.3) is 0 Å². The summed E-state index contributed by atoms with van der Waals surface area (Å²) in [5, 5.41) is 0. The molecule has 1 aliphatic carbocycles. The lowest BCUT2D eigenvalue weighted by molar-refractivity contribution is -0.136. The molecule has 36 heavy (non-hydrogen) atoms. The normalized spacial score (nSPS) is 22.6. The first kappa shape index (κ1) is 26.4. The molecule has 0 radical (unpaired) electrons. The Bertz CT molecular complexity index is 986. The SMILES string of the molecule is CCCCCC1(C[C@@H](C(=O)N2C(=O)OC[C@@H]2C(C)(C)C)N2C(=O)c3ccccc3C2=O)CCCCC1. The Hall–Kier alpha value is -2.70. The number of hydrogen-bond donors (Lipinski definition) is 0. The fourth-order valence-corrected chi connectivity index (χ4v) is 6.26. The highest BCUT2D eigenvalue weighted by atomic mass is 16.6. The summed E-state index contributed by atoms with van der Waals surface area (Å²) in [5.41, 5.74) is 0.0998. The maximum atomic E-state index is 14.3. The second-order valence-corrected chi connectivity index (χ2v) is 11.9. The molecule has 0 N–H and O–H groups in total. The average molecular weight is 497 g/mol. The quantitative estimate of drug-likeness (QED) is 0.327. The highest BCUT2D eigenvalue weighted by molar-refractivity contribution is 6.23. The zero-order valence-electron chi connectivity index (χ0n) is 22.2. The third-order valence-corrected chi connectivity index (χ3v) is 8.38. The third kappa shape index (κ3) is 4.94. The standard InChI is InChI=1S/C29H40N2O5/c1-5-6-10-15-29(16-11-7-12-17-29)18-22(26(34)31-23(28(2,3)4)19-36-27(31)35)30-24(32)20-13-8-9-14-21(20)25(30)33/h8-9,13-14,22-23H,5-7,10-12,15-19H2,1-4H3/t22-,23+/m0/s1. The van der Waals surface area contributed by atoms with Gasteiger partial charge in [-0.2, -0.15) is 0 Å². The molecule has 7 nitrogen and oxygen atoms in total. The number of ether oxygens (including phenoxy) is 1. The molecule has 0 bridgehead atoms. The number of nitrogens with zero attached hydrogens (tertiary/aromatic N) is 2. The molecule has 4 rings (SSSR count). The third-order valence-electron chi connectivity index (χ3n) is 8.38. The van der Waals surface area contributed by atoms with Crippen LogP contribution in [0.4, 0.5) is 4.79 Å². The molecule has 2 fully saturated rings. The minimum atomic E-state index is -1.03. The number of rotatable bonds is 8. The number of hydrogen-bond acceptors (Lipinski definition) is 5. The highest BCUT2D eigenvalue weighted by Gasteiger charge is 2.52. The Balaban J connectivity index is 1.74. The molecule has 196 valence electrons. The van der Waals surface area contributed by atoms with E-state index in [0.29, 0.717) is 17.5 Å². The van der Waals surface area contributed by atoms with E-state index in [0.717, 1.165) is 62.7 Å². The van der Waals surface area contributed by atoms with Crippen LogP contribution in [-0.4, -0.2) is 52.3 Å². The summed E-state index contributed by atoms with van der Waals surface area (Å²) < 4.78 is 5.33. The minimum Gasteiger partial charge on any atom is -0.447 e.